The fourth-order valence-electron chi connectivity index (χ4n) is 1.43. The van der Waals surface area contributed by atoms with Gasteiger partial charge < -0.3 is 27.5 Å². The molecular weight excluding hydrogens is 481 g/mol. The second kappa shape index (κ2) is 8.56. The topological polar surface area (TPSA) is 102 Å². The number of hydrogen-bond acceptors (Lipinski definition) is 7. The summed E-state index contributed by atoms with van der Waals surface area (Å²) in [5.41, 5.74) is -0.735. The number of imide groups is 1. The second-order valence-electron chi connectivity index (χ2n) is 5.36. The van der Waals surface area contributed by atoms with E-state index >= 15 is 0 Å². The fraction of sp³-hybridized carbons (Fsp3) is 0.667. The van der Waals surface area contributed by atoms with Crippen LogP contribution >= 0.6 is 0 Å². The Balaban J connectivity index is 0.00000441. The van der Waals surface area contributed by atoms with E-state index in [1.807, 2.05) is 0 Å². The predicted octanol–water partition coefficient (Wildman–Crippen LogP) is 0.0313. The van der Waals surface area contributed by atoms with Crippen LogP contribution in [0.15, 0.2) is 0 Å². The van der Waals surface area contributed by atoms with Gasteiger partial charge in [0.2, 0.25) is 0 Å². The van der Waals surface area contributed by atoms with Gasteiger partial charge in [0.05, 0.1) is 0 Å². The maximum Gasteiger partial charge on any atom is 0.408 e. The van der Waals surface area contributed by atoms with Crippen molar-refractivity contribution in [2.24, 2.45) is 0 Å². The van der Waals surface area contributed by atoms with Gasteiger partial charge in [-0.25, -0.2) is 9.59 Å². The molecule has 0 spiro atoms. The van der Waals surface area contributed by atoms with E-state index in [1.54, 1.807) is 20.8 Å². The molecule has 1 radical (unpaired) electrons. The molecule has 1 aliphatic heterocycles. The number of hydrogen-bond donors (Lipinski definition) is 1. The van der Waals surface area contributed by atoms with E-state index < -0.39 is 35.5 Å². The zero-order chi connectivity index (χ0) is 16.2. The number of carbonyl (C=O) groups is 4. The van der Waals surface area contributed by atoms with E-state index in [4.69, 9.17) is 17.4 Å². The largest absolute Gasteiger partial charge is 0.790 e. The monoisotopic (exact) mass is 498 g/mol. The number of amides is 3. The maximum absolute atomic E-state index is 11.8. The molecule has 1 fully saturated rings. The molecule has 0 bridgehead atoms. The van der Waals surface area contributed by atoms with Gasteiger partial charge in [-0.2, -0.15) is 0 Å². The normalized spacial score (nSPS) is 15.9. The quantitative estimate of drug-likeness (QED) is 0.431. The van der Waals surface area contributed by atoms with Gasteiger partial charge in [0.15, 0.2) is 0 Å². The van der Waals surface area contributed by atoms with Crippen LogP contribution in [-0.2, 0) is 59.0 Å². The van der Waals surface area contributed by atoms with Crippen LogP contribution in [0.4, 0.5) is 4.79 Å². The molecule has 1 atom stereocenters. The number of rotatable bonds is 4. The van der Waals surface area contributed by atoms with Gasteiger partial charge in [-0.05, 0) is 20.8 Å². The molecule has 123 valence electrons. The van der Waals surface area contributed by atoms with Crippen LogP contribution in [0.1, 0.15) is 33.6 Å². The first-order valence-electron chi connectivity index (χ1n) is 6.29. The Morgan fingerprint density at radius 3 is 2.18 bits per heavy atom. The van der Waals surface area contributed by atoms with Crippen molar-refractivity contribution in [1.29, 1.82) is 0 Å². The summed E-state index contributed by atoms with van der Waals surface area (Å²) in [6, 6.07) is -1.18. The number of nitrogens with zero attached hydrogens (tertiary/aromatic N) is 1. The van der Waals surface area contributed by atoms with Crippen molar-refractivity contribution in [3.05, 3.63) is 0 Å². The molecular formula is C12H17N2O6STa-. The van der Waals surface area contributed by atoms with E-state index in [0.29, 0.717) is 5.06 Å². The zero-order valence-electron chi connectivity index (χ0n) is 12.5. The first-order chi connectivity index (χ1) is 9.64. The van der Waals surface area contributed by atoms with Gasteiger partial charge in [0, 0.05) is 35.2 Å². The molecule has 3 amide bonds. The summed E-state index contributed by atoms with van der Waals surface area (Å²) in [6.45, 7) is 4.99. The molecule has 0 aromatic rings. The van der Waals surface area contributed by atoms with E-state index in [2.05, 4.69) is 10.2 Å². The summed E-state index contributed by atoms with van der Waals surface area (Å²) in [6.07, 6.45) is -0.859. The molecule has 0 aliphatic carbocycles. The third-order valence-electron chi connectivity index (χ3n) is 2.33. The van der Waals surface area contributed by atoms with Crippen molar-refractivity contribution in [2.75, 3.05) is 5.75 Å². The molecule has 22 heavy (non-hydrogen) atoms. The fourth-order valence-corrected chi connectivity index (χ4v) is 1.65. The van der Waals surface area contributed by atoms with Crippen molar-refractivity contribution in [1.82, 2.24) is 10.4 Å². The van der Waals surface area contributed by atoms with Gasteiger partial charge in [-0.15, -0.1) is 10.8 Å². The van der Waals surface area contributed by atoms with E-state index in [-0.39, 0.29) is 41.0 Å². The molecule has 1 N–H and O–H groups in total. The Morgan fingerprint density at radius 2 is 1.77 bits per heavy atom. The van der Waals surface area contributed by atoms with Crippen molar-refractivity contribution < 1.29 is 51.1 Å². The minimum Gasteiger partial charge on any atom is -0.790 e. The SMILES string of the molecule is CC(C)(C)OC(=O)NC(C[S-])C(=O)ON1C(=O)CCC1=O.[Ta]. The summed E-state index contributed by atoms with van der Waals surface area (Å²) < 4.78 is 4.98. The minimum atomic E-state index is -1.18. The Kier molecular flexibility index (Phi) is 8.16. The number of alkyl carbamates (subject to hydrolysis) is 1. The molecule has 0 aromatic heterocycles. The summed E-state index contributed by atoms with van der Waals surface area (Å²) in [5.74, 6) is -2.38. The van der Waals surface area contributed by atoms with Gasteiger partial charge in [0.1, 0.15) is 11.6 Å². The van der Waals surface area contributed by atoms with Crippen molar-refractivity contribution in [3.8, 4) is 0 Å². The number of nitrogens with one attached hydrogen (secondary N) is 1. The Hall–Kier alpha value is -1.03. The van der Waals surface area contributed by atoms with Crippen LogP contribution < -0.4 is 5.32 Å². The Labute approximate surface area is 149 Å². The zero-order valence-corrected chi connectivity index (χ0v) is 16.5. The van der Waals surface area contributed by atoms with Gasteiger partial charge in [0.25, 0.3) is 11.8 Å². The molecule has 0 saturated carbocycles. The third-order valence-corrected chi connectivity index (χ3v) is 2.66. The van der Waals surface area contributed by atoms with E-state index in [9.17, 15) is 19.2 Å². The summed E-state index contributed by atoms with van der Waals surface area (Å²) in [5, 5.41) is 2.64. The van der Waals surface area contributed by atoms with Crippen molar-refractivity contribution in [3.63, 3.8) is 0 Å². The smallest absolute Gasteiger partial charge is 0.408 e. The predicted molar refractivity (Wildman–Crippen MR) is 72.6 cm³/mol. The molecule has 8 nitrogen and oxygen atoms in total. The standard InChI is InChI=1S/C12H18N2O6S.Ta/c1-12(2,3)19-11(18)13-7(6-21)10(17)20-14-8(15)4-5-9(14)16;/h7,21H,4-6H2,1-3H3,(H,13,18);/p-1. The Morgan fingerprint density at radius 1 is 1.27 bits per heavy atom. The van der Waals surface area contributed by atoms with Crippen molar-refractivity contribution in [2.45, 2.75) is 45.3 Å². The number of carbonyl (C=O) groups excluding carboxylic acids is 4. The molecule has 1 heterocycles. The van der Waals surface area contributed by atoms with Gasteiger partial charge >= 0.3 is 12.1 Å². The van der Waals surface area contributed by atoms with Gasteiger partial charge in [-0.1, -0.05) is 0 Å². The van der Waals surface area contributed by atoms with Crippen molar-refractivity contribution >= 4 is 36.5 Å². The third kappa shape index (κ3) is 6.39. The number of hydroxylamine groups is 2. The summed E-state index contributed by atoms with van der Waals surface area (Å²) >= 11 is 4.75. The number of ether oxygens (including phenoxy) is 1. The van der Waals surface area contributed by atoms with Crippen LogP contribution in [-0.4, -0.2) is 46.3 Å². The molecule has 1 saturated heterocycles. The summed E-state index contributed by atoms with van der Waals surface area (Å²) in [4.78, 5) is 50.7. The van der Waals surface area contributed by atoms with E-state index in [0.717, 1.165) is 0 Å². The summed E-state index contributed by atoms with van der Waals surface area (Å²) in [7, 11) is 0. The molecule has 0 aromatic carbocycles. The van der Waals surface area contributed by atoms with Gasteiger partial charge in [-0.3, -0.25) is 9.59 Å². The van der Waals surface area contributed by atoms with E-state index in [1.165, 1.54) is 0 Å². The van der Waals surface area contributed by atoms with Crippen LogP contribution in [0.25, 0.3) is 0 Å². The minimum absolute atomic E-state index is 0. The van der Waals surface area contributed by atoms with Crippen LogP contribution in [0.5, 0.6) is 0 Å². The second-order valence-corrected chi connectivity index (χ2v) is 5.69. The van der Waals surface area contributed by atoms with Crippen LogP contribution in [0.3, 0.4) is 0 Å². The van der Waals surface area contributed by atoms with Crippen LogP contribution in [0.2, 0.25) is 0 Å². The first-order valence-corrected chi connectivity index (χ1v) is 6.87. The molecule has 1 unspecified atom stereocenters. The molecule has 1 rings (SSSR count). The average molecular weight is 498 g/mol. The van der Waals surface area contributed by atoms with Crippen LogP contribution in [0, 0.1) is 0 Å². The molecule has 10 heteroatoms. The molecule has 1 aliphatic rings. The Bertz CT molecular complexity index is 449. The average Bonchev–Trinajstić information content (AvgIpc) is 2.65. The first kappa shape index (κ1) is 21.0. The maximum atomic E-state index is 11.8.